The van der Waals surface area contributed by atoms with Gasteiger partial charge in [0.1, 0.15) is 5.60 Å². The summed E-state index contributed by atoms with van der Waals surface area (Å²) in [5, 5.41) is 0. The van der Waals surface area contributed by atoms with Gasteiger partial charge in [-0.05, 0) is 39.3 Å². The molecule has 22 heavy (non-hydrogen) atoms. The molecule has 0 N–H and O–H groups in total. The Kier molecular flexibility index (Phi) is 3.75. The smallest absolute Gasteiger partial charge is 0.410 e. The zero-order valence-electron chi connectivity index (χ0n) is 13.9. The van der Waals surface area contributed by atoms with Crippen LogP contribution in [-0.4, -0.2) is 47.8 Å². The number of hydrogen-bond donors (Lipinski definition) is 0. The minimum atomic E-state index is -0.422. The Hall–Kier alpha value is -1.78. The first-order valence-corrected chi connectivity index (χ1v) is 7.97. The van der Waals surface area contributed by atoms with Crippen LogP contribution in [0.3, 0.4) is 0 Å². The van der Waals surface area contributed by atoms with Crippen molar-refractivity contribution in [1.29, 1.82) is 0 Å². The van der Waals surface area contributed by atoms with Crippen LogP contribution in [0.25, 0.3) is 0 Å². The standard InChI is InChI=1S/C17H25N3O2/c1-12-7-18-6-5-15(12)19-8-13-10-20(11-14(13)9-19)16(21)22-17(2,3)4/h5-7,13-14H,8-11H2,1-4H3. The molecule has 2 fully saturated rings. The van der Waals surface area contributed by atoms with Crippen molar-refractivity contribution in [2.24, 2.45) is 11.8 Å². The summed E-state index contributed by atoms with van der Waals surface area (Å²) >= 11 is 0. The van der Waals surface area contributed by atoms with E-state index in [1.807, 2.05) is 38.1 Å². The fraction of sp³-hybridized carbons (Fsp3) is 0.647. The van der Waals surface area contributed by atoms with Crippen molar-refractivity contribution in [2.45, 2.75) is 33.3 Å². The van der Waals surface area contributed by atoms with Crippen LogP contribution in [0, 0.1) is 18.8 Å². The third kappa shape index (κ3) is 3.03. The highest BCUT2D eigenvalue weighted by Gasteiger charge is 2.42. The highest BCUT2D eigenvalue weighted by Crippen LogP contribution is 2.35. The Balaban J connectivity index is 1.61. The number of aryl methyl sites for hydroxylation is 1. The van der Waals surface area contributed by atoms with Crippen LogP contribution in [-0.2, 0) is 4.74 Å². The van der Waals surface area contributed by atoms with E-state index in [0.717, 1.165) is 26.2 Å². The molecular formula is C17H25N3O2. The first kappa shape index (κ1) is 15.1. The normalized spacial score (nSPS) is 24.5. The van der Waals surface area contributed by atoms with Gasteiger partial charge in [-0.15, -0.1) is 0 Å². The van der Waals surface area contributed by atoms with E-state index in [-0.39, 0.29) is 6.09 Å². The predicted molar refractivity (Wildman–Crippen MR) is 86.0 cm³/mol. The summed E-state index contributed by atoms with van der Waals surface area (Å²) in [6, 6.07) is 2.09. The average molecular weight is 303 g/mol. The first-order chi connectivity index (χ1) is 10.3. The fourth-order valence-corrected chi connectivity index (χ4v) is 3.49. The number of amides is 1. The number of fused-ring (bicyclic) bond motifs is 1. The second kappa shape index (κ2) is 5.45. The van der Waals surface area contributed by atoms with Gasteiger partial charge in [-0.3, -0.25) is 4.98 Å². The van der Waals surface area contributed by atoms with Crippen molar-refractivity contribution in [3.8, 4) is 0 Å². The third-order valence-corrected chi connectivity index (χ3v) is 4.47. The van der Waals surface area contributed by atoms with E-state index in [4.69, 9.17) is 4.74 Å². The largest absolute Gasteiger partial charge is 0.444 e. The lowest BCUT2D eigenvalue weighted by Crippen LogP contribution is -2.37. The van der Waals surface area contributed by atoms with E-state index in [1.165, 1.54) is 11.3 Å². The maximum atomic E-state index is 12.2. The van der Waals surface area contributed by atoms with E-state index in [9.17, 15) is 4.79 Å². The molecule has 3 rings (SSSR count). The second-order valence-corrected chi connectivity index (χ2v) is 7.47. The predicted octanol–water partition coefficient (Wildman–Crippen LogP) is 2.69. The Bertz CT molecular complexity index is 553. The lowest BCUT2D eigenvalue weighted by Gasteiger charge is -2.27. The molecule has 2 saturated heterocycles. The van der Waals surface area contributed by atoms with Crippen molar-refractivity contribution >= 4 is 11.8 Å². The van der Waals surface area contributed by atoms with Crippen molar-refractivity contribution in [3.63, 3.8) is 0 Å². The van der Waals surface area contributed by atoms with E-state index in [0.29, 0.717) is 11.8 Å². The molecule has 0 aliphatic carbocycles. The molecule has 0 bridgehead atoms. The van der Waals surface area contributed by atoms with Crippen molar-refractivity contribution in [3.05, 3.63) is 24.0 Å². The molecule has 0 saturated carbocycles. The zero-order valence-corrected chi connectivity index (χ0v) is 13.9. The highest BCUT2D eigenvalue weighted by molar-refractivity contribution is 5.68. The number of rotatable bonds is 1. The molecule has 2 unspecified atom stereocenters. The maximum Gasteiger partial charge on any atom is 0.410 e. The van der Waals surface area contributed by atoms with Gasteiger partial charge in [-0.25, -0.2) is 4.79 Å². The Morgan fingerprint density at radius 2 is 1.86 bits per heavy atom. The van der Waals surface area contributed by atoms with Crippen LogP contribution in [0.4, 0.5) is 10.5 Å². The molecule has 0 radical (unpaired) electrons. The van der Waals surface area contributed by atoms with Crippen LogP contribution >= 0.6 is 0 Å². The van der Waals surface area contributed by atoms with E-state index >= 15 is 0 Å². The molecule has 120 valence electrons. The molecule has 2 aliphatic heterocycles. The van der Waals surface area contributed by atoms with Crippen LogP contribution in [0.5, 0.6) is 0 Å². The zero-order chi connectivity index (χ0) is 15.9. The molecular weight excluding hydrogens is 278 g/mol. The van der Waals surface area contributed by atoms with Crippen LogP contribution in [0.1, 0.15) is 26.3 Å². The number of anilines is 1. The topological polar surface area (TPSA) is 45.7 Å². The van der Waals surface area contributed by atoms with E-state index in [1.54, 1.807) is 0 Å². The van der Waals surface area contributed by atoms with Gasteiger partial charge in [0.05, 0.1) is 0 Å². The summed E-state index contributed by atoms with van der Waals surface area (Å²) in [6.45, 7) is 11.5. The molecule has 1 aromatic heterocycles. The van der Waals surface area contributed by atoms with Gasteiger partial charge in [0.2, 0.25) is 0 Å². The van der Waals surface area contributed by atoms with Gasteiger partial charge in [-0.2, -0.15) is 0 Å². The summed E-state index contributed by atoms with van der Waals surface area (Å²) < 4.78 is 5.48. The van der Waals surface area contributed by atoms with Gasteiger partial charge < -0.3 is 14.5 Å². The van der Waals surface area contributed by atoms with Gasteiger partial charge >= 0.3 is 6.09 Å². The summed E-state index contributed by atoms with van der Waals surface area (Å²) in [5.74, 6) is 1.08. The number of nitrogens with zero attached hydrogens (tertiary/aromatic N) is 3. The van der Waals surface area contributed by atoms with Gasteiger partial charge in [-0.1, -0.05) is 0 Å². The fourth-order valence-electron chi connectivity index (χ4n) is 3.49. The molecule has 3 heterocycles. The molecule has 0 aromatic carbocycles. The molecule has 2 atom stereocenters. The molecule has 1 amide bonds. The van der Waals surface area contributed by atoms with Crippen molar-refractivity contribution in [2.75, 3.05) is 31.1 Å². The van der Waals surface area contributed by atoms with E-state index < -0.39 is 5.60 Å². The minimum Gasteiger partial charge on any atom is -0.444 e. The van der Waals surface area contributed by atoms with Crippen LogP contribution in [0.15, 0.2) is 18.5 Å². The maximum absolute atomic E-state index is 12.2. The Morgan fingerprint density at radius 1 is 1.23 bits per heavy atom. The van der Waals surface area contributed by atoms with Crippen molar-refractivity contribution < 1.29 is 9.53 Å². The number of ether oxygens (including phenoxy) is 1. The Morgan fingerprint density at radius 3 is 2.41 bits per heavy atom. The molecule has 5 heteroatoms. The third-order valence-electron chi connectivity index (χ3n) is 4.47. The first-order valence-electron chi connectivity index (χ1n) is 7.97. The van der Waals surface area contributed by atoms with Gasteiger partial charge in [0.15, 0.2) is 0 Å². The number of carbonyl (C=O) groups excluding carboxylic acids is 1. The molecule has 2 aliphatic rings. The quantitative estimate of drug-likeness (QED) is 0.800. The molecule has 1 aromatic rings. The minimum absolute atomic E-state index is 0.173. The molecule has 0 spiro atoms. The number of likely N-dealkylation sites (tertiary alicyclic amines) is 1. The summed E-state index contributed by atoms with van der Waals surface area (Å²) in [7, 11) is 0. The lowest BCUT2D eigenvalue weighted by molar-refractivity contribution is 0.0282. The number of pyridine rings is 1. The molecule has 5 nitrogen and oxygen atoms in total. The number of carbonyl (C=O) groups is 1. The van der Waals surface area contributed by atoms with E-state index in [2.05, 4.69) is 22.9 Å². The summed E-state index contributed by atoms with van der Waals surface area (Å²) in [4.78, 5) is 20.6. The second-order valence-electron chi connectivity index (χ2n) is 7.47. The lowest BCUT2D eigenvalue weighted by atomic mass is 10.0. The van der Waals surface area contributed by atoms with Gasteiger partial charge in [0, 0.05) is 56.1 Å². The monoisotopic (exact) mass is 303 g/mol. The number of aromatic nitrogens is 1. The van der Waals surface area contributed by atoms with Gasteiger partial charge in [0.25, 0.3) is 0 Å². The average Bonchev–Trinajstić information content (AvgIpc) is 2.95. The van der Waals surface area contributed by atoms with Crippen molar-refractivity contribution in [1.82, 2.24) is 9.88 Å². The number of hydrogen-bond acceptors (Lipinski definition) is 4. The highest BCUT2D eigenvalue weighted by atomic mass is 16.6. The SMILES string of the molecule is Cc1cnccc1N1CC2CN(C(=O)OC(C)(C)C)CC2C1. The van der Waals surface area contributed by atoms with Crippen LogP contribution < -0.4 is 4.90 Å². The summed E-state index contributed by atoms with van der Waals surface area (Å²) in [6.07, 6.45) is 3.59. The van der Waals surface area contributed by atoms with Crippen LogP contribution in [0.2, 0.25) is 0 Å². The summed E-state index contributed by atoms with van der Waals surface area (Å²) in [5.41, 5.74) is 2.06. The Labute approximate surface area is 132 Å².